The molecule has 0 unspecified atom stereocenters. The summed E-state index contributed by atoms with van der Waals surface area (Å²) in [5.74, 6) is 1.08. The lowest BCUT2D eigenvalue weighted by Crippen LogP contribution is -2.39. The van der Waals surface area contributed by atoms with Gasteiger partial charge in [-0.25, -0.2) is 0 Å². The highest BCUT2D eigenvalue weighted by molar-refractivity contribution is 7.99. The third-order valence-electron chi connectivity index (χ3n) is 5.54. The van der Waals surface area contributed by atoms with Gasteiger partial charge in [0, 0.05) is 18.7 Å². The van der Waals surface area contributed by atoms with E-state index in [4.69, 9.17) is 4.42 Å². The van der Waals surface area contributed by atoms with Crippen LogP contribution in [0.1, 0.15) is 34.7 Å². The van der Waals surface area contributed by atoms with E-state index < -0.39 is 0 Å². The molecule has 0 radical (unpaired) electrons. The van der Waals surface area contributed by atoms with Crippen molar-refractivity contribution in [3.05, 3.63) is 77.7 Å². The number of nitrogens with zero attached hydrogens (tertiary/aromatic N) is 3. The topological polar surface area (TPSA) is 88.3 Å². The van der Waals surface area contributed by atoms with Crippen molar-refractivity contribution in [2.24, 2.45) is 5.92 Å². The van der Waals surface area contributed by atoms with Gasteiger partial charge >= 0.3 is 0 Å². The van der Waals surface area contributed by atoms with Gasteiger partial charge < -0.3 is 14.6 Å². The first-order chi connectivity index (χ1) is 15.7. The van der Waals surface area contributed by atoms with Gasteiger partial charge in [0.05, 0.1) is 12.3 Å². The summed E-state index contributed by atoms with van der Waals surface area (Å²) >= 11 is 1.23. The number of thioether (sulfide) groups is 1. The van der Waals surface area contributed by atoms with Crippen molar-refractivity contribution >= 4 is 23.6 Å². The average Bonchev–Trinajstić information content (AvgIpc) is 3.30. The van der Waals surface area contributed by atoms with Crippen molar-refractivity contribution in [1.82, 2.24) is 20.4 Å². The quantitative estimate of drug-likeness (QED) is 0.528. The molecule has 0 spiro atoms. The van der Waals surface area contributed by atoms with E-state index in [1.54, 1.807) is 24.3 Å². The Morgan fingerprint density at radius 1 is 1.00 bits per heavy atom. The van der Waals surface area contributed by atoms with Crippen molar-refractivity contribution in [2.45, 2.75) is 31.0 Å². The van der Waals surface area contributed by atoms with E-state index in [1.165, 1.54) is 17.3 Å². The number of amides is 2. The summed E-state index contributed by atoms with van der Waals surface area (Å²) in [6.45, 7) is 1.72. The van der Waals surface area contributed by atoms with Gasteiger partial charge in [0.1, 0.15) is 0 Å². The Morgan fingerprint density at radius 2 is 1.69 bits per heavy atom. The number of rotatable bonds is 8. The van der Waals surface area contributed by atoms with E-state index in [1.807, 2.05) is 17.0 Å². The minimum Gasteiger partial charge on any atom is -0.414 e. The molecule has 166 valence electrons. The number of hydrogen-bond acceptors (Lipinski definition) is 6. The van der Waals surface area contributed by atoms with Gasteiger partial charge in [0.25, 0.3) is 11.1 Å². The van der Waals surface area contributed by atoms with Crippen molar-refractivity contribution in [3.63, 3.8) is 0 Å². The fraction of sp³-hybridized carbons (Fsp3) is 0.333. The number of carbonyl (C=O) groups excluding carboxylic acids is 2. The molecule has 2 amide bonds. The summed E-state index contributed by atoms with van der Waals surface area (Å²) < 4.78 is 5.55. The molecule has 0 bridgehead atoms. The molecular formula is C24H26N4O3S. The second-order valence-corrected chi connectivity index (χ2v) is 8.74. The van der Waals surface area contributed by atoms with E-state index >= 15 is 0 Å². The summed E-state index contributed by atoms with van der Waals surface area (Å²) in [6, 6.07) is 19.5. The summed E-state index contributed by atoms with van der Waals surface area (Å²) in [6.07, 6.45) is 3.12. The van der Waals surface area contributed by atoms with Crippen molar-refractivity contribution in [1.29, 1.82) is 0 Å². The number of benzene rings is 2. The highest BCUT2D eigenvalue weighted by Gasteiger charge is 2.23. The first-order valence-electron chi connectivity index (χ1n) is 10.8. The van der Waals surface area contributed by atoms with Crippen LogP contribution in [0.5, 0.6) is 0 Å². The first-order valence-corrected chi connectivity index (χ1v) is 11.8. The van der Waals surface area contributed by atoms with Gasteiger partial charge in [-0.3, -0.25) is 9.59 Å². The summed E-state index contributed by atoms with van der Waals surface area (Å²) in [7, 11) is 0. The summed E-state index contributed by atoms with van der Waals surface area (Å²) in [5, 5.41) is 11.0. The number of hydrogen-bond donors (Lipinski definition) is 1. The van der Waals surface area contributed by atoms with Crippen LogP contribution in [0.15, 0.2) is 70.3 Å². The molecule has 3 aromatic rings. The number of carbonyl (C=O) groups is 2. The zero-order chi connectivity index (χ0) is 22.2. The Hall–Kier alpha value is -3.13. The second kappa shape index (κ2) is 10.9. The van der Waals surface area contributed by atoms with Gasteiger partial charge in [0.15, 0.2) is 0 Å². The normalized spacial score (nSPS) is 14.3. The Labute approximate surface area is 191 Å². The third-order valence-corrected chi connectivity index (χ3v) is 6.34. The summed E-state index contributed by atoms with van der Waals surface area (Å²) in [4.78, 5) is 26.6. The van der Waals surface area contributed by atoms with E-state index in [9.17, 15) is 9.59 Å². The molecule has 4 rings (SSSR count). The minimum atomic E-state index is -0.205. The van der Waals surface area contributed by atoms with Gasteiger partial charge in [-0.2, -0.15) is 0 Å². The molecule has 8 heteroatoms. The maximum absolute atomic E-state index is 12.6. The SMILES string of the molecule is O=C(NCc1nnc(SCC(=O)N2CCC(Cc3ccccc3)CC2)o1)c1ccccc1. The lowest BCUT2D eigenvalue weighted by Gasteiger charge is -2.32. The standard InChI is InChI=1S/C24H26N4O3S/c29-22(28-13-11-19(12-14-28)15-18-7-3-1-4-8-18)17-32-24-27-26-21(31-24)16-25-23(30)20-9-5-2-6-10-20/h1-10,19H,11-17H2,(H,25,30). The second-order valence-electron chi connectivity index (χ2n) is 7.81. The Kier molecular flexibility index (Phi) is 7.55. The molecule has 1 aliphatic rings. The lowest BCUT2D eigenvalue weighted by molar-refractivity contribution is -0.129. The van der Waals surface area contributed by atoms with Crippen LogP contribution in [-0.2, 0) is 17.8 Å². The van der Waals surface area contributed by atoms with Crippen LogP contribution in [0, 0.1) is 5.92 Å². The van der Waals surface area contributed by atoms with Gasteiger partial charge in [-0.05, 0) is 42.9 Å². The van der Waals surface area contributed by atoms with Crippen LogP contribution in [-0.4, -0.2) is 45.8 Å². The van der Waals surface area contributed by atoms with Crippen LogP contribution >= 0.6 is 11.8 Å². The highest BCUT2D eigenvalue weighted by atomic mass is 32.2. The largest absolute Gasteiger partial charge is 0.414 e. The molecular weight excluding hydrogens is 424 g/mol. The number of aromatic nitrogens is 2. The van der Waals surface area contributed by atoms with Crippen LogP contribution in [0.4, 0.5) is 0 Å². The van der Waals surface area contributed by atoms with Crippen molar-refractivity contribution < 1.29 is 14.0 Å². The molecule has 7 nitrogen and oxygen atoms in total. The molecule has 1 aromatic heterocycles. The fourth-order valence-electron chi connectivity index (χ4n) is 3.76. The smallest absolute Gasteiger partial charge is 0.277 e. The van der Waals surface area contributed by atoms with E-state index in [0.29, 0.717) is 22.6 Å². The predicted octanol–water partition coefficient (Wildman–Crippen LogP) is 3.57. The molecule has 1 N–H and O–H groups in total. The molecule has 0 aliphatic carbocycles. The molecule has 0 saturated carbocycles. The molecule has 32 heavy (non-hydrogen) atoms. The van der Waals surface area contributed by atoms with Crippen LogP contribution in [0.3, 0.4) is 0 Å². The predicted molar refractivity (Wildman–Crippen MR) is 122 cm³/mol. The molecule has 0 atom stereocenters. The molecule has 2 heterocycles. The minimum absolute atomic E-state index is 0.0882. The maximum Gasteiger partial charge on any atom is 0.277 e. The molecule has 1 aliphatic heterocycles. The number of piperidine rings is 1. The fourth-order valence-corrected chi connectivity index (χ4v) is 4.45. The third kappa shape index (κ3) is 6.20. The Bertz CT molecular complexity index is 1020. The van der Waals surface area contributed by atoms with E-state index in [2.05, 4.69) is 39.8 Å². The Morgan fingerprint density at radius 3 is 2.41 bits per heavy atom. The molecule has 1 saturated heterocycles. The van der Waals surface area contributed by atoms with Gasteiger partial charge in [-0.15, -0.1) is 10.2 Å². The zero-order valence-corrected chi connectivity index (χ0v) is 18.6. The first kappa shape index (κ1) is 22.1. The number of nitrogens with one attached hydrogen (secondary N) is 1. The monoisotopic (exact) mass is 450 g/mol. The van der Waals surface area contributed by atoms with E-state index in [0.717, 1.165) is 32.4 Å². The van der Waals surface area contributed by atoms with Gasteiger partial charge in [0.2, 0.25) is 11.8 Å². The highest BCUT2D eigenvalue weighted by Crippen LogP contribution is 2.23. The molecule has 1 fully saturated rings. The van der Waals surface area contributed by atoms with E-state index in [-0.39, 0.29) is 24.1 Å². The van der Waals surface area contributed by atoms with Crippen molar-refractivity contribution in [2.75, 3.05) is 18.8 Å². The number of likely N-dealkylation sites (tertiary alicyclic amines) is 1. The van der Waals surface area contributed by atoms with Crippen molar-refractivity contribution in [3.8, 4) is 0 Å². The van der Waals surface area contributed by atoms with Crippen LogP contribution in [0.2, 0.25) is 0 Å². The zero-order valence-electron chi connectivity index (χ0n) is 17.8. The Balaban J connectivity index is 1.17. The van der Waals surface area contributed by atoms with Crippen LogP contribution in [0.25, 0.3) is 0 Å². The molecule has 2 aromatic carbocycles. The summed E-state index contributed by atoms with van der Waals surface area (Å²) in [5.41, 5.74) is 1.93. The van der Waals surface area contributed by atoms with Crippen LogP contribution < -0.4 is 5.32 Å². The maximum atomic E-state index is 12.6. The lowest BCUT2D eigenvalue weighted by atomic mass is 9.90. The van der Waals surface area contributed by atoms with Gasteiger partial charge in [-0.1, -0.05) is 60.3 Å². The average molecular weight is 451 g/mol.